The number of hydrogen-bond acceptors (Lipinski definition) is 9. The van der Waals surface area contributed by atoms with E-state index in [1.807, 2.05) is 11.0 Å². The summed E-state index contributed by atoms with van der Waals surface area (Å²) in [6, 6.07) is 0. The van der Waals surface area contributed by atoms with Crippen molar-refractivity contribution in [2.24, 2.45) is 0 Å². The molecule has 170 valence electrons. The van der Waals surface area contributed by atoms with E-state index in [1.54, 1.807) is 12.4 Å². The summed E-state index contributed by atoms with van der Waals surface area (Å²) in [5.41, 5.74) is 1.09. The Labute approximate surface area is 191 Å². The average Bonchev–Trinajstić information content (AvgIpc) is 2.76. The highest BCUT2D eigenvalue weighted by Crippen LogP contribution is 2.39. The minimum atomic E-state index is -3.46. The number of hydrogen-bond donors (Lipinski definition) is 2. The molecule has 11 heteroatoms. The lowest BCUT2D eigenvalue weighted by atomic mass is 9.77. The van der Waals surface area contributed by atoms with Gasteiger partial charge in [0.05, 0.1) is 28.6 Å². The van der Waals surface area contributed by atoms with Crippen molar-refractivity contribution in [2.75, 3.05) is 35.7 Å². The molecule has 1 aliphatic carbocycles. The van der Waals surface area contributed by atoms with Gasteiger partial charge >= 0.3 is 0 Å². The molecule has 3 aliphatic rings. The van der Waals surface area contributed by atoms with Gasteiger partial charge in [0, 0.05) is 25.5 Å². The first-order valence-electron chi connectivity index (χ1n) is 10.8. The average molecular weight is 477 g/mol. The largest absolute Gasteiger partial charge is 0.394 e. The van der Waals surface area contributed by atoms with Gasteiger partial charge in [-0.1, -0.05) is 17.7 Å². The van der Waals surface area contributed by atoms with Crippen LogP contribution in [0.3, 0.4) is 0 Å². The number of fused-ring (bicyclic) bond motifs is 1. The maximum atomic E-state index is 12.9. The molecular weight excluding hydrogens is 452 g/mol. The molecule has 1 fully saturated rings. The molecule has 0 amide bonds. The van der Waals surface area contributed by atoms with Gasteiger partial charge in [-0.3, -0.25) is 0 Å². The zero-order valence-electron chi connectivity index (χ0n) is 17.6. The molecule has 4 heterocycles. The van der Waals surface area contributed by atoms with Crippen LogP contribution in [0.25, 0.3) is 5.57 Å². The molecule has 2 N–H and O–H groups in total. The van der Waals surface area contributed by atoms with Crippen LogP contribution in [-0.4, -0.2) is 64.4 Å². The van der Waals surface area contributed by atoms with Crippen LogP contribution < -0.4 is 10.2 Å². The fourth-order valence-electron chi connectivity index (χ4n) is 4.45. The number of aromatic nitrogens is 4. The second kappa shape index (κ2) is 8.24. The van der Waals surface area contributed by atoms with Crippen LogP contribution in [0.2, 0.25) is 5.02 Å². The van der Waals surface area contributed by atoms with Crippen LogP contribution in [0.1, 0.15) is 43.6 Å². The fraction of sp³-hybridized carbons (Fsp3) is 0.524. The SMILES string of the molecule is O=S1(=O)CCCc2nc(N3CC=C(c4ncc(Cl)cn4)CC3)nc(NC3(CO)CCC3)c21. The van der Waals surface area contributed by atoms with Crippen LogP contribution in [0.15, 0.2) is 23.4 Å². The van der Waals surface area contributed by atoms with E-state index in [-0.39, 0.29) is 17.3 Å². The normalized spacial score (nSPS) is 21.3. The van der Waals surface area contributed by atoms with E-state index in [0.29, 0.717) is 60.7 Å². The zero-order chi connectivity index (χ0) is 22.3. The molecule has 2 aromatic heterocycles. The first kappa shape index (κ1) is 21.5. The number of nitrogens with zero attached hydrogens (tertiary/aromatic N) is 5. The molecule has 1 saturated carbocycles. The van der Waals surface area contributed by atoms with Crippen LogP contribution >= 0.6 is 11.6 Å². The predicted octanol–water partition coefficient (Wildman–Crippen LogP) is 2.26. The molecule has 0 unspecified atom stereocenters. The Bertz CT molecular complexity index is 1160. The maximum absolute atomic E-state index is 12.9. The summed E-state index contributed by atoms with van der Waals surface area (Å²) in [5.74, 6) is 1.58. The molecule has 0 aromatic carbocycles. The minimum absolute atomic E-state index is 0.0575. The predicted molar refractivity (Wildman–Crippen MR) is 122 cm³/mol. The highest BCUT2D eigenvalue weighted by atomic mass is 35.5. The van der Waals surface area contributed by atoms with Gasteiger partial charge in [-0.05, 0) is 44.1 Å². The Morgan fingerprint density at radius 1 is 1.16 bits per heavy atom. The van der Waals surface area contributed by atoms with Gasteiger partial charge < -0.3 is 15.3 Å². The number of anilines is 2. The smallest absolute Gasteiger partial charge is 0.227 e. The molecule has 2 aromatic rings. The van der Waals surface area contributed by atoms with Gasteiger partial charge in [0.15, 0.2) is 21.5 Å². The maximum Gasteiger partial charge on any atom is 0.227 e. The highest BCUT2D eigenvalue weighted by molar-refractivity contribution is 7.91. The third-order valence-corrected chi connectivity index (χ3v) is 8.53. The van der Waals surface area contributed by atoms with Crippen molar-refractivity contribution in [3.05, 3.63) is 35.0 Å². The Morgan fingerprint density at radius 3 is 2.56 bits per heavy atom. The lowest BCUT2D eigenvalue weighted by Gasteiger charge is -2.42. The Balaban J connectivity index is 1.47. The number of nitrogens with one attached hydrogen (secondary N) is 1. The molecular formula is C21H25ClN6O3S. The second-order valence-corrected chi connectivity index (χ2v) is 11.1. The summed E-state index contributed by atoms with van der Waals surface area (Å²) in [6.07, 6.45) is 9.63. The van der Waals surface area contributed by atoms with E-state index in [4.69, 9.17) is 11.6 Å². The summed E-state index contributed by atoms with van der Waals surface area (Å²) < 4.78 is 25.7. The van der Waals surface area contributed by atoms with Crippen molar-refractivity contribution in [1.29, 1.82) is 0 Å². The Kier molecular flexibility index (Phi) is 5.55. The second-order valence-electron chi connectivity index (χ2n) is 8.64. The first-order chi connectivity index (χ1) is 15.4. The third kappa shape index (κ3) is 3.95. The van der Waals surface area contributed by atoms with E-state index in [2.05, 4.69) is 25.3 Å². The van der Waals surface area contributed by atoms with Crippen molar-refractivity contribution >= 4 is 38.8 Å². The molecule has 0 radical (unpaired) electrons. The van der Waals surface area contributed by atoms with Crippen LogP contribution in [0, 0.1) is 0 Å². The molecule has 9 nitrogen and oxygen atoms in total. The van der Waals surface area contributed by atoms with Gasteiger partial charge in [0.1, 0.15) is 4.90 Å². The molecule has 32 heavy (non-hydrogen) atoms. The lowest BCUT2D eigenvalue weighted by molar-refractivity contribution is 0.143. The van der Waals surface area contributed by atoms with E-state index in [0.717, 1.165) is 24.8 Å². The van der Waals surface area contributed by atoms with Crippen LogP contribution in [-0.2, 0) is 16.3 Å². The molecule has 2 aliphatic heterocycles. The fourth-order valence-corrected chi connectivity index (χ4v) is 6.17. The van der Waals surface area contributed by atoms with Gasteiger partial charge in [-0.2, -0.15) is 4.98 Å². The molecule has 0 bridgehead atoms. The quantitative estimate of drug-likeness (QED) is 0.669. The van der Waals surface area contributed by atoms with Crippen molar-refractivity contribution in [2.45, 2.75) is 49.0 Å². The highest BCUT2D eigenvalue weighted by Gasteiger charge is 2.40. The number of aliphatic hydroxyl groups excluding tert-OH is 1. The van der Waals surface area contributed by atoms with Gasteiger partial charge in [-0.15, -0.1) is 0 Å². The first-order valence-corrected chi connectivity index (χ1v) is 12.9. The number of aryl methyl sites for hydroxylation is 1. The monoisotopic (exact) mass is 476 g/mol. The van der Waals surface area contributed by atoms with Crippen molar-refractivity contribution < 1.29 is 13.5 Å². The summed E-state index contributed by atoms with van der Waals surface area (Å²) in [4.78, 5) is 20.1. The van der Waals surface area contributed by atoms with Crippen molar-refractivity contribution in [3.63, 3.8) is 0 Å². The van der Waals surface area contributed by atoms with Gasteiger partial charge in [-0.25, -0.2) is 23.4 Å². The van der Waals surface area contributed by atoms with Crippen LogP contribution in [0.5, 0.6) is 0 Å². The zero-order valence-corrected chi connectivity index (χ0v) is 19.2. The number of sulfone groups is 1. The van der Waals surface area contributed by atoms with Crippen LogP contribution in [0.4, 0.5) is 11.8 Å². The molecule has 0 atom stereocenters. The van der Waals surface area contributed by atoms with Crippen molar-refractivity contribution in [3.8, 4) is 0 Å². The third-order valence-electron chi connectivity index (χ3n) is 6.46. The van der Waals surface area contributed by atoms with Gasteiger partial charge in [0.25, 0.3) is 0 Å². The molecule has 5 rings (SSSR count). The standard InChI is InChI=1S/C21H25ClN6O3S/c22-15-11-23-18(24-12-15)14-4-8-28(9-5-14)20-25-16-3-1-10-32(30,31)17(16)19(26-20)27-21(13-29)6-2-7-21/h4,11-12,29H,1-3,5-10,13H2,(H,25,26,27). The topological polar surface area (TPSA) is 121 Å². The number of rotatable bonds is 5. The minimum Gasteiger partial charge on any atom is -0.394 e. The lowest BCUT2D eigenvalue weighted by Crippen LogP contribution is -2.49. The van der Waals surface area contributed by atoms with E-state index in [1.165, 1.54) is 0 Å². The summed E-state index contributed by atoms with van der Waals surface area (Å²) in [6.45, 7) is 1.17. The number of aliphatic hydroxyl groups is 1. The number of halogens is 1. The van der Waals surface area contributed by atoms with E-state index < -0.39 is 15.4 Å². The molecule has 0 spiro atoms. The summed E-state index contributed by atoms with van der Waals surface area (Å²) >= 11 is 5.88. The van der Waals surface area contributed by atoms with E-state index in [9.17, 15) is 13.5 Å². The Morgan fingerprint density at radius 2 is 1.94 bits per heavy atom. The van der Waals surface area contributed by atoms with Crippen molar-refractivity contribution in [1.82, 2.24) is 19.9 Å². The summed E-state index contributed by atoms with van der Waals surface area (Å²) in [7, 11) is -3.46. The molecule has 0 saturated heterocycles. The summed E-state index contributed by atoms with van der Waals surface area (Å²) in [5, 5.41) is 13.7. The Hall–Kier alpha value is -2.30. The van der Waals surface area contributed by atoms with E-state index >= 15 is 0 Å². The van der Waals surface area contributed by atoms with Gasteiger partial charge in [0.2, 0.25) is 5.95 Å².